The molecule has 0 spiro atoms. The lowest BCUT2D eigenvalue weighted by Gasteiger charge is -2.30. The van der Waals surface area contributed by atoms with Gasteiger partial charge in [-0.3, -0.25) is 9.48 Å². The molecule has 0 fully saturated rings. The largest absolute Gasteiger partial charge is 0.362 e. The van der Waals surface area contributed by atoms with Crippen LogP contribution >= 0.6 is 0 Å². The van der Waals surface area contributed by atoms with Gasteiger partial charge >= 0.3 is 0 Å². The molecule has 0 saturated heterocycles. The lowest BCUT2D eigenvalue weighted by Crippen LogP contribution is -2.43. The first-order chi connectivity index (χ1) is 11.0. The van der Waals surface area contributed by atoms with Crippen molar-refractivity contribution in [3.05, 3.63) is 48.3 Å². The van der Waals surface area contributed by atoms with E-state index >= 15 is 0 Å². The molecule has 5 nitrogen and oxygen atoms in total. The summed E-state index contributed by atoms with van der Waals surface area (Å²) in [7, 11) is 1.89. The number of likely N-dealkylation sites (N-methyl/N-ethyl adjacent to an activating group) is 1. The van der Waals surface area contributed by atoms with Crippen molar-refractivity contribution in [2.75, 3.05) is 18.0 Å². The second kappa shape index (κ2) is 7.81. The third kappa shape index (κ3) is 4.58. The van der Waals surface area contributed by atoms with E-state index in [0.717, 1.165) is 17.8 Å². The summed E-state index contributed by atoms with van der Waals surface area (Å²) in [5, 5.41) is 4.18. The van der Waals surface area contributed by atoms with Crippen LogP contribution in [0.2, 0.25) is 0 Å². The van der Waals surface area contributed by atoms with Crippen molar-refractivity contribution in [2.45, 2.75) is 33.4 Å². The molecule has 23 heavy (non-hydrogen) atoms. The second-order valence-corrected chi connectivity index (χ2v) is 5.99. The number of aromatic nitrogens is 2. The monoisotopic (exact) mass is 314 g/mol. The predicted octanol–water partition coefficient (Wildman–Crippen LogP) is 2.68. The van der Waals surface area contributed by atoms with Crippen LogP contribution in [0.1, 0.15) is 26.3 Å². The molecule has 0 aliphatic rings. The minimum atomic E-state index is 0.134. The summed E-state index contributed by atoms with van der Waals surface area (Å²) < 4.78 is 1.76. The smallest absolute Gasteiger partial charge is 0.242 e. The fourth-order valence-corrected chi connectivity index (χ4v) is 2.59. The highest BCUT2D eigenvalue weighted by Gasteiger charge is 2.20. The number of nitrogens with zero attached hydrogens (tertiary/aromatic N) is 4. The molecule has 0 unspecified atom stereocenters. The molecule has 2 rings (SSSR count). The van der Waals surface area contributed by atoms with Crippen LogP contribution in [0.3, 0.4) is 0 Å². The number of carbonyl (C=O) groups excluding carboxylic acids is 1. The van der Waals surface area contributed by atoms with Crippen LogP contribution in [-0.2, 0) is 18.4 Å². The first-order valence-electron chi connectivity index (χ1n) is 8.08. The van der Waals surface area contributed by atoms with E-state index in [-0.39, 0.29) is 11.9 Å². The maximum Gasteiger partial charge on any atom is 0.242 e. The molecule has 2 aromatic rings. The van der Waals surface area contributed by atoms with E-state index in [4.69, 9.17) is 0 Å². The van der Waals surface area contributed by atoms with Gasteiger partial charge in [0.15, 0.2) is 0 Å². The summed E-state index contributed by atoms with van der Waals surface area (Å²) in [5.41, 5.74) is 2.13. The Morgan fingerprint density at radius 1 is 1.26 bits per heavy atom. The Hall–Kier alpha value is -2.30. The maximum absolute atomic E-state index is 12.8. The van der Waals surface area contributed by atoms with Crippen LogP contribution in [-0.4, -0.2) is 39.7 Å². The summed E-state index contributed by atoms with van der Waals surface area (Å²) in [6.07, 6.45) is 3.77. The third-order valence-corrected chi connectivity index (χ3v) is 3.88. The summed E-state index contributed by atoms with van der Waals surface area (Å²) in [5.74, 6) is 0.134. The average Bonchev–Trinajstić information content (AvgIpc) is 2.96. The van der Waals surface area contributed by atoms with Gasteiger partial charge in [0.05, 0.1) is 12.7 Å². The molecule has 0 atom stereocenters. The molecule has 1 aromatic carbocycles. The van der Waals surface area contributed by atoms with Gasteiger partial charge in [0.1, 0.15) is 0 Å². The van der Waals surface area contributed by atoms with E-state index in [1.165, 1.54) is 0 Å². The Morgan fingerprint density at radius 2 is 1.96 bits per heavy atom. The van der Waals surface area contributed by atoms with Crippen LogP contribution in [0.15, 0.2) is 42.7 Å². The SMILES string of the molecule is CCN(CC(=O)N(Cc1cnn(C)c1)C(C)C)c1ccccc1. The molecule has 5 heteroatoms. The first-order valence-corrected chi connectivity index (χ1v) is 8.08. The van der Waals surface area contributed by atoms with Crippen molar-refractivity contribution in [1.82, 2.24) is 14.7 Å². The van der Waals surface area contributed by atoms with Crippen LogP contribution in [0.4, 0.5) is 5.69 Å². The predicted molar refractivity (Wildman–Crippen MR) is 93.2 cm³/mol. The Morgan fingerprint density at radius 3 is 2.48 bits per heavy atom. The number of rotatable bonds is 7. The molecule has 0 N–H and O–H groups in total. The Balaban J connectivity index is 2.08. The van der Waals surface area contributed by atoms with E-state index in [1.54, 1.807) is 4.68 Å². The Labute approximate surface area is 138 Å². The molecule has 0 bridgehead atoms. The number of aryl methyl sites for hydroxylation is 1. The number of para-hydroxylation sites is 1. The summed E-state index contributed by atoms with van der Waals surface area (Å²) in [6, 6.07) is 10.2. The molecular weight excluding hydrogens is 288 g/mol. The minimum Gasteiger partial charge on any atom is -0.362 e. The Kier molecular flexibility index (Phi) is 5.79. The van der Waals surface area contributed by atoms with Gasteiger partial charge in [0.2, 0.25) is 5.91 Å². The second-order valence-electron chi connectivity index (χ2n) is 5.99. The summed E-state index contributed by atoms with van der Waals surface area (Å²) in [6.45, 7) is 7.95. The van der Waals surface area contributed by atoms with Crippen molar-refractivity contribution in [3.8, 4) is 0 Å². The van der Waals surface area contributed by atoms with E-state index < -0.39 is 0 Å². The van der Waals surface area contributed by atoms with Crippen LogP contribution in [0.5, 0.6) is 0 Å². The van der Waals surface area contributed by atoms with E-state index in [9.17, 15) is 4.79 Å². The van der Waals surface area contributed by atoms with Crippen molar-refractivity contribution in [3.63, 3.8) is 0 Å². The van der Waals surface area contributed by atoms with Gasteiger partial charge in [-0.25, -0.2) is 0 Å². The molecule has 0 aliphatic carbocycles. The molecule has 1 amide bonds. The van der Waals surface area contributed by atoms with Crippen molar-refractivity contribution in [1.29, 1.82) is 0 Å². The van der Waals surface area contributed by atoms with Crippen LogP contribution < -0.4 is 4.90 Å². The number of anilines is 1. The van der Waals surface area contributed by atoms with Gasteiger partial charge < -0.3 is 9.80 Å². The van der Waals surface area contributed by atoms with Gasteiger partial charge in [0, 0.05) is 43.6 Å². The minimum absolute atomic E-state index is 0.134. The molecule has 0 radical (unpaired) electrons. The molecule has 0 aliphatic heterocycles. The molecule has 1 aromatic heterocycles. The highest BCUT2D eigenvalue weighted by atomic mass is 16.2. The zero-order chi connectivity index (χ0) is 16.8. The third-order valence-electron chi connectivity index (χ3n) is 3.88. The zero-order valence-corrected chi connectivity index (χ0v) is 14.4. The topological polar surface area (TPSA) is 41.4 Å². The van der Waals surface area contributed by atoms with Gasteiger partial charge in [-0.05, 0) is 32.9 Å². The summed E-state index contributed by atoms with van der Waals surface area (Å²) >= 11 is 0. The van der Waals surface area contributed by atoms with E-state index in [2.05, 4.69) is 16.9 Å². The lowest BCUT2D eigenvalue weighted by atomic mass is 10.2. The molecule has 124 valence electrons. The van der Waals surface area contributed by atoms with Crippen molar-refractivity contribution < 1.29 is 4.79 Å². The van der Waals surface area contributed by atoms with Crippen molar-refractivity contribution in [2.24, 2.45) is 7.05 Å². The average molecular weight is 314 g/mol. The van der Waals surface area contributed by atoms with Crippen LogP contribution in [0, 0.1) is 0 Å². The van der Waals surface area contributed by atoms with Crippen molar-refractivity contribution >= 4 is 11.6 Å². The first kappa shape index (κ1) is 17.1. The number of benzene rings is 1. The van der Waals surface area contributed by atoms with Gasteiger partial charge in [0.25, 0.3) is 0 Å². The fraction of sp³-hybridized carbons (Fsp3) is 0.444. The number of hydrogen-bond donors (Lipinski definition) is 0. The normalized spacial score (nSPS) is 10.8. The Bertz CT molecular complexity index is 621. The van der Waals surface area contributed by atoms with E-state index in [1.807, 2.05) is 68.5 Å². The lowest BCUT2D eigenvalue weighted by molar-refractivity contribution is -0.132. The quantitative estimate of drug-likeness (QED) is 0.789. The van der Waals surface area contributed by atoms with Gasteiger partial charge in [-0.15, -0.1) is 0 Å². The molecule has 1 heterocycles. The standard InChI is InChI=1S/C18H26N4O/c1-5-21(17-9-7-6-8-10-17)14-18(23)22(15(2)3)13-16-11-19-20(4)12-16/h6-12,15H,5,13-14H2,1-4H3. The van der Waals surface area contributed by atoms with E-state index in [0.29, 0.717) is 13.1 Å². The maximum atomic E-state index is 12.8. The number of hydrogen-bond acceptors (Lipinski definition) is 3. The molecule has 0 saturated carbocycles. The van der Waals surface area contributed by atoms with Crippen LogP contribution in [0.25, 0.3) is 0 Å². The summed E-state index contributed by atoms with van der Waals surface area (Å²) in [4.78, 5) is 16.8. The molecular formula is C18H26N4O. The number of amides is 1. The highest BCUT2D eigenvalue weighted by Crippen LogP contribution is 2.14. The van der Waals surface area contributed by atoms with Gasteiger partial charge in [-0.1, -0.05) is 18.2 Å². The highest BCUT2D eigenvalue weighted by molar-refractivity contribution is 5.81. The van der Waals surface area contributed by atoms with Gasteiger partial charge in [-0.2, -0.15) is 5.10 Å². The number of carbonyl (C=O) groups is 1. The fourth-order valence-electron chi connectivity index (χ4n) is 2.59. The zero-order valence-electron chi connectivity index (χ0n) is 14.4.